The molecular formula is C20H23N3O2S. The van der Waals surface area contributed by atoms with E-state index in [1.807, 2.05) is 61.9 Å². The number of amides is 1. The second-order valence-corrected chi connectivity index (χ2v) is 7.13. The highest BCUT2D eigenvalue weighted by Crippen LogP contribution is 2.23. The summed E-state index contributed by atoms with van der Waals surface area (Å²) in [5.41, 5.74) is 4.76. The molecule has 1 aromatic carbocycles. The Bertz CT molecular complexity index is 893. The Hall–Kier alpha value is -2.60. The number of ether oxygens (including phenoxy) is 1. The number of hydrogen-bond donors (Lipinski definition) is 1. The summed E-state index contributed by atoms with van der Waals surface area (Å²) >= 11 is 1.55. The fourth-order valence-electron chi connectivity index (χ4n) is 3.05. The van der Waals surface area contributed by atoms with E-state index in [4.69, 9.17) is 4.74 Å². The van der Waals surface area contributed by atoms with Gasteiger partial charge in [-0.2, -0.15) is 0 Å². The molecule has 2 heterocycles. The van der Waals surface area contributed by atoms with Crippen molar-refractivity contribution in [2.75, 3.05) is 13.2 Å². The first-order chi connectivity index (χ1) is 12.5. The third-order valence-corrected chi connectivity index (χ3v) is 5.09. The first-order valence-corrected chi connectivity index (χ1v) is 9.43. The van der Waals surface area contributed by atoms with Gasteiger partial charge in [-0.25, -0.2) is 4.98 Å². The minimum atomic E-state index is -0.0917. The summed E-state index contributed by atoms with van der Waals surface area (Å²) in [7, 11) is 0. The number of hydrogen-bond acceptors (Lipinski definition) is 4. The van der Waals surface area contributed by atoms with Gasteiger partial charge in [0.25, 0.3) is 5.91 Å². The molecule has 0 aliphatic heterocycles. The zero-order valence-electron chi connectivity index (χ0n) is 15.5. The number of para-hydroxylation sites is 1. The molecular weight excluding hydrogens is 346 g/mol. The predicted molar refractivity (Wildman–Crippen MR) is 105 cm³/mol. The Morgan fingerprint density at radius 1 is 1.23 bits per heavy atom. The Morgan fingerprint density at radius 2 is 1.96 bits per heavy atom. The Morgan fingerprint density at radius 3 is 2.62 bits per heavy atom. The number of aromatic nitrogens is 2. The minimum Gasteiger partial charge on any atom is -0.491 e. The molecule has 0 atom stereocenters. The van der Waals surface area contributed by atoms with Crippen LogP contribution in [0.2, 0.25) is 0 Å². The molecule has 0 aliphatic carbocycles. The Kier molecular flexibility index (Phi) is 5.42. The van der Waals surface area contributed by atoms with Crippen LogP contribution in [0.4, 0.5) is 0 Å². The van der Waals surface area contributed by atoms with Crippen LogP contribution in [0, 0.1) is 27.7 Å². The molecule has 0 unspecified atom stereocenters. The lowest BCUT2D eigenvalue weighted by Crippen LogP contribution is -2.28. The highest BCUT2D eigenvalue weighted by molar-refractivity contribution is 7.12. The number of aryl methyl sites for hydroxylation is 3. The van der Waals surface area contributed by atoms with Crippen molar-refractivity contribution in [2.45, 2.75) is 27.7 Å². The molecule has 3 aromatic rings. The lowest BCUT2D eigenvalue weighted by molar-refractivity contribution is 0.0946. The topological polar surface area (TPSA) is 56.1 Å². The molecule has 0 aliphatic rings. The summed E-state index contributed by atoms with van der Waals surface area (Å²) < 4.78 is 7.85. The predicted octanol–water partition coefficient (Wildman–Crippen LogP) is 3.98. The van der Waals surface area contributed by atoms with Gasteiger partial charge in [0.05, 0.1) is 12.1 Å². The van der Waals surface area contributed by atoms with E-state index in [2.05, 4.69) is 10.3 Å². The van der Waals surface area contributed by atoms with E-state index in [1.54, 1.807) is 17.5 Å². The summed E-state index contributed by atoms with van der Waals surface area (Å²) in [6, 6.07) is 7.96. The number of nitrogens with one attached hydrogen (secondary N) is 1. The van der Waals surface area contributed by atoms with E-state index >= 15 is 0 Å². The highest BCUT2D eigenvalue weighted by Gasteiger charge is 2.17. The normalized spacial score (nSPS) is 10.8. The van der Waals surface area contributed by atoms with Crippen LogP contribution >= 0.6 is 11.3 Å². The Balaban J connectivity index is 1.62. The minimum absolute atomic E-state index is 0.0917. The molecule has 0 saturated heterocycles. The highest BCUT2D eigenvalue weighted by atomic mass is 32.1. The maximum absolute atomic E-state index is 12.5. The summed E-state index contributed by atoms with van der Waals surface area (Å²) in [6.45, 7) is 8.85. The fourth-order valence-corrected chi connectivity index (χ4v) is 3.80. The molecule has 6 heteroatoms. The van der Waals surface area contributed by atoms with Gasteiger partial charge < -0.3 is 10.1 Å². The molecule has 0 radical (unpaired) electrons. The van der Waals surface area contributed by atoms with Crippen molar-refractivity contribution in [1.82, 2.24) is 14.9 Å². The molecule has 0 bridgehead atoms. The van der Waals surface area contributed by atoms with Crippen molar-refractivity contribution in [3.05, 3.63) is 63.9 Å². The van der Waals surface area contributed by atoms with Crippen molar-refractivity contribution in [3.8, 4) is 10.9 Å². The summed E-state index contributed by atoms with van der Waals surface area (Å²) in [6.07, 6.45) is 1.77. The summed E-state index contributed by atoms with van der Waals surface area (Å²) in [4.78, 5) is 16.9. The molecule has 2 aromatic heterocycles. The second kappa shape index (κ2) is 7.74. The van der Waals surface area contributed by atoms with Crippen LogP contribution in [0.1, 0.15) is 32.9 Å². The number of carbonyl (C=O) groups is 1. The van der Waals surface area contributed by atoms with Gasteiger partial charge in [-0.05, 0) is 44.9 Å². The summed E-state index contributed by atoms with van der Waals surface area (Å²) in [5.74, 6) is 0.801. The van der Waals surface area contributed by atoms with E-state index < -0.39 is 0 Å². The van der Waals surface area contributed by atoms with Crippen LogP contribution in [-0.4, -0.2) is 28.6 Å². The van der Waals surface area contributed by atoms with Gasteiger partial charge in [-0.3, -0.25) is 9.36 Å². The molecule has 0 spiro atoms. The molecule has 1 N–H and O–H groups in total. The molecule has 3 rings (SSSR count). The van der Waals surface area contributed by atoms with E-state index in [0.717, 1.165) is 33.4 Å². The molecule has 26 heavy (non-hydrogen) atoms. The van der Waals surface area contributed by atoms with Crippen LogP contribution in [0.3, 0.4) is 0 Å². The molecule has 0 fully saturated rings. The average molecular weight is 369 g/mol. The summed E-state index contributed by atoms with van der Waals surface area (Å²) in [5, 5.41) is 5.74. The van der Waals surface area contributed by atoms with Crippen LogP contribution in [0.5, 0.6) is 5.75 Å². The van der Waals surface area contributed by atoms with E-state index in [-0.39, 0.29) is 5.91 Å². The lowest BCUT2D eigenvalue weighted by atomic mass is 10.1. The van der Waals surface area contributed by atoms with Crippen LogP contribution in [0.25, 0.3) is 5.13 Å². The van der Waals surface area contributed by atoms with Gasteiger partial charge in [0.15, 0.2) is 5.13 Å². The van der Waals surface area contributed by atoms with Crippen LogP contribution < -0.4 is 10.1 Å². The molecule has 5 nitrogen and oxygen atoms in total. The Labute approximate surface area is 157 Å². The van der Waals surface area contributed by atoms with Gasteiger partial charge in [-0.15, -0.1) is 11.3 Å². The number of nitrogens with zero attached hydrogens (tertiary/aromatic N) is 2. The van der Waals surface area contributed by atoms with E-state index in [1.165, 1.54) is 0 Å². The van der Waals surface area contributed by atoms with Gasteiger partial charge >= 0.3 is 0 Å². The van der Waals surface area contributed by atoms with Gasteiger partial charge in [-0.1, -0.05) is 18.2 Å². The largest absolute Gasteiger partial charge is 0.491 e. The molecule has 0 saturated carbocycles. The van der Waals surface area contributed by atoms with E-state index in [0.29, 0.717) is 18.7 Å². The first-order valence-electron chi connectivity index (χ1n) is 8.55. The maximum Gasteiger partial charge on any atom is 0.253 e. The van der Waals surface area contributed by atoms with Crippen molar-refractivity contribution in [3.63, 3.8) is 0 Å². The van der Waals surface area contributed by atoms with Crippen LogP contribution in [0.15, 0.2) is 35.8 Å². The van der Waals surface area contributed by atoms with Crippen molar-refractivity contribution in [1.29, 1.82) is 0 Å². The monoisotopic (exact) mass is 369 g/mol. The standard InChI is InChI=1S/C20H23N3O2S/c1-13-6-5-7-14(2)18(13)25-10-8-21-19(24)17-12-15(3)23(16(17)4)20-22-9-11-26-20/h5-7,9,11-12H,8,10H2,1-4H3,(H,21,24). The average Bonchev–Trinajstić information content (AvgIpc) is 3.21. The van der Waals surface area contributed by atoms with Gasteiger partial charge in [0, 0.05) is 23.0 Å². The van der Waals surface area contributed by atoms with Crippen molar-refractivity contribution >= 4 is 17.2 Å². The fraction of sp³-hybridized carbons (Fsp3) is 0.300. The van der Waals surface area contributed by atoms with E-state index in [9.17, 15) is 4.79 Å². The number of benzene rings is 1. The first kappa shape index (κ1) is 18.2. The molecule has 1 amide bonds. The number of rotatable bonds is 6. The van der Waals surface area contributed by atoms with Crippen LogP contribution in [-0.2, 0) is 0 Å². The third-order valence-electron chi connectivity index (χ3n) is 4.33. The zero-order valence-corrected chi connectivity index (χ0v) is 16.3. The number of carbonyl (C=O) groups excluding carboxylic acids is 1. The molecule has 136 valence electrons. The third kappa shape index (κ3) is 3.65. The van der Waals surface area contributed by atoms with Crippen molar-refractivity contribution < 1.29 is 9.53 Å². The smallest absolute Gasteiger partial charge is 0.253 e. The SMILES string of the molecule is Cc1cccc(C)c1OCCNC(=O)c1cc(C)n(-c2nccs2)c1C. The maximum atomic E-state index is 12.5. The zero-order chi connectivity index (χ0) is 18.7. The number of thiazole rings is 1. The van der Waals surface area contributed by atoms with Crippen molar-refractivity contribution in [2.24, 2.45) is 0 Å². The quantitative estimate of drug-likeness (QED) is 0.669. The second-order valence-electron chi connectivity index (χ2n) is 6.26. The van der Waals surface area contributed by atoms with Gasteiger partial charge in [0.2, 0.25) is 0 Å². The lowest BCUT2D eigenvalue weighted by Gasteiger charge is -2.12. The van der Waals surface area contributed by atoms with Gasteiger partial charge in [0.1, 0.15) is 12.4 Å².